The molecule has 1 atom stereocenters. The smallest absolute Gasteiger partial charge is 0.306 e. The van der Waals surface area contributed by atoms with Gasteiger partial charge in [0.25, 0.3) is 0 Å². The van der Waals surface area contributed by atoms with Gasteiger partial charge in [-0.15, -0.1) is 0 Å². The summed E-state index contributed by atoms with van der Waals surface area (Å²) in [6.07, 6.45) is 1.77. The van der Waals surface area contributed by atoms with Crippen LogP contribution < -0.4 is 0 Å². The molecule has 0 saturated heterocycles. The first-order valence-electron chi connectivity index (χ1n) is 6.10. The van der Waals surface area contributed by atoms with Gasteiger partial charge >= 0.3 is 5.97 Å². The lowest BCUT2D eigenvalue weighted by atomic mass is 9.81. The van der Waals surface area contributed by atoms with Crippen molar-refractivity contribution in [1.29, 1.82) is 0 Å². The van der Waals surface area contributed by atoms with Crippen LogP contribution in [0.2, 0.25) is 0 Å². The number of fused-ring (bicyclic) bond motifs is 1. The van der Waals surface area contributed by atoms with Gasteiger partial charge in [-0.3, -0.25) is 9.59 Å². The third-order valence-corrected chi connectivity index (χ3v) is 3.68. The molecule has 0 aromatic heterocycles. The Hall–Kier alpha value is -1.16. The number of Topliss-reactive ketones (excluding diaryl/α,β-unsaturated/α-hetero) is 1. The second-order valence-corrected chi connectivity index (χ2v) is 5.33. The summed E-state index contributed by atoms with van der Waals surface area (Å²) >= 11 is 3.37. The molecule has 0 spiro atoms. The summed E-state index contributed by atoms with van der Waals surface area (Å²) in [5.41, 5.74) is 1.81. The predicted molar refractivity (Wildman–Crippen MR) is 71.5 cm³/mol. The maximum absolute atomic E-state index is 12.3. The number of ketones is 1. The normalized spacial score (nSPS) is 18.3. The minimum absolute atomic E-state index is 0.0607. The minimum atomic E-state index is -0.283. The summed E-state index contributed by atoms with van der Waals surface area (Å²) in [5.74, 6) is -0.453. The number of benzene rings is 1. The first kappa shape index (κ1) is 13.3. The lowest BCUT2D eigenvalue weighted by molar-refractivity contribution is -0.143. The summed E-state index contributed by atoms with van der Waals surface area (Å²) in [7, 11) is 0. The number of hydrogen-bond donors (Lipinski definition) is 0. The quantitative estimate of drug-likeness (QED) is 0.806. The van der Waals surface area contributed by atoms with Gasteiger partial charge in [-0.25, -0.2) is 0 Å². The van der Waals surface area contributed by atoms with E-state index in [4.69, 9.17) is 4.74 Å². The molecule has 0 radical (unpaired) electrons. The Bertz CT molecular complexity index is 482. The van der Waals surface area contributed by atoms with Gasteiger partial charge in [0.2, 0.25) is 0 Å². The van der Waals surface area contributed by atoms with Gasteiger partial charge in [-0.1, -0.05) is 22.0 Å². The Balaban J connectivity index is 2.15. The summed E-state index contributed by atoms with van der Waals surface area (Å²) in [5, 5.41) is 0. The van der Waals surface area contributed by atoms with E-state index in [-0.39, 0.29) is 24.1 Å². The van der Waals surface area contributed by atoms with Crippen molar-refractivity contribution in [3.8, 4) is 0 Å². The van der Waals surface area contributed by atoms with Crippen LogP contribution in [0.15, 0.2) is 22.7 Å². The molecule has 1 unspecified atom stereocenters. The number of carbonyl (C=O) groups is 2. The molecule has 0 heterocycles. The topological polar surface area (TPSA) is 43.4 Å². The Morgan fingerprint density at radius 2 is 2.28 bits per heavy atom. The average Bonchev–Trinajstić information content (AvgIpc) is 2.34. The fourth-order valence-electron chi connectivity index (χ4n) is 2.29. The Labute approximate surface area is 115 Å². The first-order chi connectivity index (χ1) is 8.61. The Morgan fingerprint density at radius 1 is 1.50 bits per heavy atom. The van der Waals surface area contributed by atoms with Crippen LogP contribution in [-0.2, 0) is 16.0 Å². The summed E-state index contributed by atoms with van der Waals surface area (Å²) in [6.45, 7) is 2.13. The molecule has 0 aliphatic heterocycles. The van der Waals surface area contributed by atoms with Crippen LogP contribution in [-0.4, -0.2) is 18.4 Å². The molecule has 2 rings (SSSR count). The molecule has 1 aliphatic rings. The third kappa shape index (κ3) is 2.80. The monoisotopic (exact) mass is 310 g/mol. The van der Waals surface area contributed by atoms with E-state index >= 15 is 0 Å². The number of aryl methyl sites for hydroxylation is 1. The van der Waals surface area contributed by atoms with Crippen LogP contribution in [0.3, 0.4) is 0 Å². The zero-order chi connectivity index (χ0) is 13.1. The molecule has 18 heavy (non-hydrogen) atoms. The van der Waals surface area contributed by atoms with Crippen molar-refractivity contribution < 1.29 is 14.3 Å². The van der Waals surface area contributed by atoms with E-state index in [0.717, 1.165) is 28.4 Å². The molecular formula is C14H15BrO3. The molecular weight excluding hydrogens is 296 g/mol. The van der Waals surface area contributed by atoms with Crippen LogP contribution in [0.4, 0.5) is 0 Å². The number of rotatable bonds is 3. The molecule has 0 fully saturated rings. The van der Waals surface area contributed by atoms with Crippen LogP contribution in [0.25, 0.3) is 0 Å². The highest BCUT2D eigenvalue weighted by Gasteiger charge is 2.29. The molecule has 96 valence electrons. The van der Waals surface area contributed by atoms with Crippen molar-refractivity contribution in [3.63, 3.8) is 0 Å². The molecule has 3 nitrogen and oxygen atoms in total. The lowest BCUT2D eigenvalue weighted by Crippen LogP contribution is -2.25. The van der Waals surface area contributed by atoms with Crippen molar-refractivity contribution in [3.05, 3.63) is 33.8 Å². The Morgan fingerprint density at radius 3 is 3.00 bits per heavy atom. The number of carbonyl (C=O) groups excluding carboxylic acids is 2. The summed E-state index contributed by atoms with van der Waals surface area (Å²) in [4.78, 5) is 23.7. The first-order valence-corrected chi connectivity index (χ1v) is 6.89. The molecule has 1 aromatic carbocycles. The highest BCUT2D eigenvalue weighted by molar-refractivity contribution is 9.10. The molecule has 0 N–H and O–H groups in total. The van der Waals surface area contributed by atoms with Gasteiger partial charge in [0, 0.05) is 16.0 Å². The van der Waals surface area contributed by atoms with Crippen LogP contribution in [0.1, 0.15) is 35.7 Å². The maximum atomic E-state index is 12.3. The fourth-order valence-corrected chi connectivity index (χ4v) is 2.65. The van der Waals surface area contributed by atoms with Gasteiger partial charge < -0.3 is 4.74 Å². The molecule has 0 amide bonds. The van der Waals surface area contributed by atoms with Crippen LogP contribution in [0, 0.1) is 5.92 Å². The van der Waals surface area contributed by atoms with Crippen molar-refractivity contribution in [1.82, 2.24) is 0 Å². The van der Waals surface area contributed by atoms with Crippen molar-refractivity contribution in [2.75, 3.05) is 6.61 Å². The van der Waals surface area contributed by atoms with Crippen LogP contribution >= 0.6 is 15.9 Å². The van der Waals surface area contributed by atoms with Crippen LogP contribution in [0.5, 0.6) is 0 Å². The SMILES string of the molecule is CCOC(=O)CC1CCc2ccc(Br)cc2C1=O. The number of ether oxygens (including phenoxy) is 1. The minimum Gasteiger partial charge on any atom is -0.466 e. The van der Waals surface area contributed by atoms with Gasteiger partial charge in [-0.2, -0.15) is 0 Å². The molecule has 0 bridgehead atoms. The number of halogens is 1. The van der Waals surface area contributed by atoms with E-state index in [0.29, 0.717) is 6.61 Å². The fraction of sp³-hybridized carbons (Fsp3) is 0.429. The van der Waals surface area contributed by atoms with Gasteiger partial charge in [-0.05, 0) is 37.5 Å². The van der Waals surface area contributed by atoms with Crippen molar-refractivity contribution >= 4 is 27.7 Å². The molecule has 4 heteroatoms. The second-order valence-electron chi connectivity index (χ2n) is 4.41. The largest absolute Gasteiger partial charge is 0.466 e. The summed E-state index contributed by atoms with van der Waals surface area (Å²) in [6, 6.07) is 5.75. The van der Waals surface area contributed by atoms with Gasteiger partial charge in [0.1, 0.15) is 0 Å². The number of hydrogen-bond acceptors (Lipinski definition) is 3. The zero-order valence-electron chi connectivity index (χ0n) is 10.2. The highest BCUT2D eigenvalue weighted by atomic mass is 79.9. The third-order valence-electron chi connectivity index (χ3n) is 3.19. The highest BCUT2D eigenvalue weighted by Crippen LogP contribution is 2.29. The zero-order valence-corrected chi connectivity index (χ0v) is 11.8. The van der Waals surface area contributed by atoms with Gasteiger partial charge in [0.05, 0.1) is 13.0 Å². The standard InChI is InChI=1S/C14H15BrO3/c1-2-18-13(16)7-10-4-3-9-5-6-11(15)8-12(9)14(10)17/h5-6,8,10H,2-4,7H2,1H3. The number of esters is 1. The van der Waals surface area contributed by atoms with E-state index < -0.39 is 0 Å². The maximum Gasteiger partial charge on any atom is 0.306 e. The molecule has 1 aliphatic carbocycles. The molecule has 1 aromatic rings. The average molecular weight is 311 g/mol. The Kier molecular flexibility index (Phi) is 4.17. The predicted octanol–water partition coefficient (Wildman–Crippen LogP) is 3.15. The molecule has 0 saturated carbocycles. The van der Waals surface area contributed by atoms with Crippen molar-refractivity contribution in [2.45, 2.75) is 26.2 Å². The lowest BCUT2D eigenvalue weighted by Gasteiger charge is -2.22. The van der Waals surface area contributed by atoms with E-state index in [9.17, 15) is 9.59 Å². The van der Waals surface area contributed by atoms with E-state index in [2.05, 4.69) is 15.9 Å². The van der Waals surface area contributed by atoms with E-state index in [1.165, 1.54) is 0 Å². The second kappa shape index (κ2) is 5.65. The van der Waals surface area contributed by atoms with Crippen molar-refractivity contribution in [2.24, 2.45) is 5.92 Å². The van der Waals surface area contributed by atoms with E-state index in [1.807, 2.05) is 18.2 Å². The van der Waals surface area contributed by atoms with Gasteiger partial charge in [0.15, 0.2) is 5.78 Å². The van der Waals surface area contributed by atoms with E-state index in [1.54, 1.807) is 6.92 Å². The summed E-state index contributed by atoms with van der Waals surface area (Å²) < 4.78 is 5.80.